The van der Waals surface area contributed by atoms with Gasteiger partial charge in [0.2, 0.25) is 5.96 Å². The molecule has 0 saturated heterocycles. The van der Waals surface area contributed by atoms with Crippen LogP contribution in [0.3, 0.4) is 0 Å². The van der Waals surface area contributed by atoms with Crippen LogP contribution in [0, 0.1) is 5.92 Å². The van der Waals surface area contributed by atoms with Gasteiger partial charge in [-0.3, -0.25) is 0 Å². The van der Waals surface area contributed by atoms with Gasteiger partial charge >= 0.3 is 0 Å². The van der Waals surface area contributed by atoms with E-state index in [4.69, 9.17) is 28.2 Å². The second-order valence-corrected chi connectivity index (χ2v) is 4.60. The molecule has 0 saturated carbocycles. The van der Waals surface area contributed by atoms with Gasteiger partial charge in [0, 0.05) is 17.2 Å². The maximum atomic E-state index is 8.24. The van der Waals surface area contributed by atoms with E-state index in [1.165, 1.54) is 6.21 Å². The van der Waals surface area contributed by atoms with E-state index in [2.05, 4.69) is 24.1 Å². The molecule has 0 atom stereocenters. The van der Waals surface area contributed by atoms with Crippen molar-refractivity contribution < 1.29 is 5.11 Å². The van der Waals surface area contributed by atoms with Gasteiger partial charge in [-0.15, -0.1) is 5.10 Å². The van der Waals surface area contributed by atoms with E-state index < -0.39 is 0 Å². The summed E-state index contributed by atoms with van der Waals surface area (Å²) in [7, 11) is 0. The van der Waals surface area contributed by atoms with E-state index in [0.717, 1.165) is 12.0 Å². The van der Waals surface area contributed by atoms with Crippen LogP contribution in [-0.2, 0) is 0 Å². The van der Waals surface area contributed by atoms with Crippen molar-refractivity contribution in [3.63, 3.8) is 0 Å². The molecule has 0 aliphatic heterocycles. The number of aliphatic hydroxyl groups excluding tert-OH is 1. The third-order valence-electron chi connectivity index (χ3n) is 1.98. The van der Waals surface area contributed by atoms with Crippen molar-refractivity contribution in [2.45, 2.75) is 20.3 Å². The highest BCUT2D eigenvalue weighted by Crippen LogP contribution is 2.12. The minimum atomic E-state index is -0.0803. The van der Waals surface area contributed by atoms with E-state index >= 15 is 0 Å². The van der Waals surface area contributed by atoms with Crippen molar-refractivity contribution in [3.05, 3.63) is 34.9 Å². The summed E-state index contributed by atoms with van der Waals surface area (Å²) in [5.41, 5.74) is 10.9. The Labute approximate surface area is 119 Å². The minimum absolute atomic E-state index is 0.0803. The fraction of sp³-hybridized carbons (Fsp3) is 0.385. The van der Waals surface area contributed by atoms with Crippen LogP contribution in [0.25, 0.3) is 0 Å². The normalized spacial score (nSPS) is 10.2. The van der Waals surface area contributed by atoms with E-state index in [9.17, 15) is 0 Å². The predicted octanol–water partition coefficient (Wildman–Crippen LogP) is 1.97. The average Bonchev–Trinajstić information content (AvgIpc) is 2.32. The van der Waals surface area contributed by atoms with Crippen molar-refractivity contribution in [2.24, 2.45) is 27.6 Å². The van der Waals surface area contributed by atoms with Crippen LogP contribution in [0.5, 0.6) is 0 Å². The van der Waals surface area contributed by atoms with Gasteiger partial charge in [0.25, 0.3) is 0 Å². The number of guanidine groups is 1. The highest BCUT2D eigenvalue weighted by atomic mass is 35.5. The number of hydrogen-bond acceptors (Lipinski definition) is 3. The predicted molar refractivity (Wildman–Crippen MR) is 81.4 cm³/mol. The molecular weight excluding hydrogens is 264 g/mol. The van der Waals surface area contributed by atoms with E-state index in [1.807, 2.05) is 18.2 Å². The molecule has 5 N–H and O–H groups in total. The molecule has 1 rings (SSSR count). The molecule has 0 unspecified atom stereocenters. The second kappa shape index (κ2) is 10.3. The number of nitrogens with zero attached hydrogens (tertiary/aromatic N) is 2. The molecule has 1 aromatic carbocycles. The number of rotatable bonds is 4. The van der Waals surface area contributed by atoms with E-state index in [-0.39, 0.29) is 5.96 Å². The fourth-order valence-corrected chi connectivity index (χ4v) is 1.18. The maximum absolute atomic E-state index is 8.24. The standard InChI is InChI=1S/C8H9ClN4.C5H12O/c9-7-4-2-1-3-6(7)5-12-13-8(10)11;1-5(2)3-4-6/h1-5H,(H4,10,11,13);5-6H,3-4H2,1-2H3/b12-5+;. The van der Waals surface area contributed by atoms with Crippen LogP contribution in [0.15, 0.2) is 34.5 Å². The number of nitrogens with two attached hydrogens (primary N) is 2. The Kier molecular flexibility index (Phi) is 9.48. The van der Waals surface area contributed by atoms with Gasteiger partial charge in [-0.25, -0.2) is 0 Å². The molecule has 106 valence electrons. The van der Waals surface area contributed by atoms with Gasteiger partial charge in [-0.05, 0) is 18.4 Å². The average molecular weight is 285 g/mol. The van der Waals surface area contributed by atoms with Crippen LogP contribution in [0.4, 0.5) is 0 Å². The lowest BCUT2D eigenvalue weighted by molar-refractivity contribution is 0.268. The lowest BCUT2D eigenvalue weighted by atomic mass is 10.2. The molecule has 0 spiro atoms. The molecule has 0 aliphatic carbocycles. The largest absolute Gasteiger partial charge is 0.396 e. The number of hydrogen-bond donors (Lipinski definition) is 3. The third kappa shape index (κ3) is 10.1. The smallest absolute Gasteiger partial charge is 0.211 e. The zero-order valence-corrected chi connectivity index (χ0v) is 12.0. The minimum Gasteiger partial charge on any atom is -0.396 e. The first-order valence-electron chi connectivity index (χ1n) is 5.94. The van der Waals surface area contributed by atoms with Gasteiger partial charge in [-0.1, -0.05) is 43.6 Å². The SMILES string of the molecule is CC(C)CCO.NC(N)=N/N=C/c1ccccc1Cl. The fourth-order valence-electron chi connectivity index (χ4n) is 0.996. The Balaban J connectivity index is 0.000000459. The first-order chi connectivity index (χ1) is 8.97. The van der Waals surface area contributed by atoms with E-state index in [1.54, 1.807) is 6.07 Å². The van der Waals surface area contributed by atoms with Crippen LogP contribution < -0.4 is 11.5 Å². The van der Waals surface area contributed by atoms with Crippen molar-refractivity contribution in [3.8, 4) is 0 Å². The number of halogens is 1. The highest BCUT2D eigenvalue weighted by Gasteiger charge is 1.92. The van der Waals surface area contributed by atoms with Crippen LogP contribution >= 0.6 is 11.6 Å². The third-order valence-corrected chi connectivity index (χ3v) is 2.33. The molecule has 1 aromatic rings. The molecule has 0 radical (unpaired) electrons. The Morgan fingerprint density at radius 2 is 2.00 bits per heavy atom. The highest BCUT2D eigenvalue weighted by molar-refractivity contribution is 6.33. The number of aliphatic hydroxyl groups is 1. The zero-order valence-electron chi connectivity index (χ0n) is 11.3. The summed E-state index contributed by atoms with van der Waals surface area (Å²) in [4.78, 5) is 0. The van der Waals surface area contributed by atoms with Crippen LogP contribution in [0.2, 0.25) is 5.02 Å². The summed E-state index contributed by atoms with van der Waals surface area (Å²) >= 11 is 5.84. The first kappa shape index (κ1) is 17.4. The quantitative estimate of drug-likeness (QED) is 0.448. The lowest BCUT2D eigenvalue weighted by Crippen LogP contribution is -2.21. The van der Waals surface area contributed by atoms with Crippen LogP contribution in [0.1, 0.15) is 25.8 Å². The molecule has 0 heterocycles. The summed E-state index contributed by atoms with van der Waals surface area (Å²) in [5.74, 6) is 0.568. The first-order valence-corrected chi connectivity index (χ1v) is 6.32. The van der Waals surface area contributed by atoms with Gasteiger partial charge in [0.15, 0.2) is 0 Å². The lowest BCUT2D eigenvalue weighted by Gasteiger charge is -1.95. The van der Waals surface area contributed by atoms with Crippen molar-refractivity contribution in [1.82, 2.24) is 0 Å². The van der Waals surface area contributed by atoms with Gasteiger partial charge in [0.1, 0.15) is 0 Å². The molecular formula is C13H21ClN4O. The maximum Gasteiger partial charge on any atom is 0.211 e. The second-order valence-electron chi connectivity index (χ2n) is 4.20. The summed E-state index contributed by atoms with van der Waals surface area (Å²) in [6.45, 7) is 4.52. The zero-order chi connectivity index (χ0) is 14.7. The summed E-state index contributed by atoms with van der Waals surface area (Å²) in [6.07, 6.45) is 2.42. The van der Waals surface area contributed by atoms with Crippen LogP contribution in [-0.4, -0.2) is 23.9 Å². The molecule has 0 bridgehead atoms. The monoisotopic (exact) mass is 284 g/mol. The van der Waals surface area contributed by atoms with Gasteiger partial charge < -0.3 is 16.6 Å². The van der Waals surface area contributed by atoms with Gasteiger partial charge in [0.05, 0.1) is 6.21 Å². The molecule has 19 heavy (non-hydrogen) atoms. The summed E-state index contributed by atoms with van der Waals surface area (Å²) in [5, 5.41) is 15.9. The van der Waals surface area contributed by atoms with Gasteiger partial charge in [-0.2, -0.15) is 5.10 Å². The molecule has 0 fully saturated rings. The summed E-state index contributed by atoms with van der Waals surface area (Å²) in [6, 6.07) is 7.26. The van der Waals surface area contributed by atoms with E-state index in [0.29, 0.717) is 17.5 Å². The molecule has 6 heteroatoms. The van der Waals surface area contributed by atoms with Crippen molar-refractivity contribution >= 4 is 23.8 Å². The molecule has 0 amide bonds. The van der Waals surface area contributed by atoms with Crippen molar-refractivity contribution in [2.75, 3.05) is 6.61 Å². The van der Waals surface area contributed by atoms with Crippen molar-refractivity contribution in [1.29, 1.82) is 0 Å². The Morgan fingerprint density at radius 1 is 1.37 bits per heavy atom. The molecule has 0 aliphatic rings. The number of benzene rings is 1. The topological polar surface area (TPSA) is 97.0 Å². The Morgan fingerprint density at radius 3 is 2.42 bits per heavy atom. The molecule has 5 nitrogen and oxygen atoms in total. The Hall–Kier alpha value is -1.59. The summed E-state index contributed by atoms with van der Waals surface area (Å²) < 4.78 is 0. The molecule has 0 aromatic heterocycles. The Bertz CT molecular complexity index is 415.